The van der Waals surface area contributed by atoms with Crippen molar-refractivity contribution < 1.29 is 23.5 Å². The molecule has 0 aliphatic heterocycles. The number of ether oxygens (including phenoxy) is 1. The Morgan fingerprint density at radius 1 is 0.971 bits per heavy atom. The second kappa shape index (κ2) is 11.0. The number of methoxy groups -OCH3 is 1. The number of amides is 3. The zero-order valence-corrected chi connectivity index (χ0v) is 19.0. The number of pyridine rings is 1. The van der Waals surface area contributed by atoms with E-state index in [0.29, 0.717) is 22.7 Å². The first kappa shape index (κ1) is 24.4. The van der Waals surface area contributed by atoms with Crippen molar-refractivity contribution in [1.29, 1.82) is 0 Å². The minimum Gasteiger partial charge on any atom is -0.494 e. The number of anilines is 2. The van der Waals surface area contributed by atoms with E-state index in [1.165, 1.54) is 31.5 Å². The van der Waals surface area contributed by atoms with Gasteiger partial charge in [-0.2, -0.15) is 0 Å². The molecule has 0 fully saturated rings. The molecule has 3 rings (SSSR count). The lowest BCUT2D eigenvalue weighted by atomic mass is 10.0. The minimum absolute atomic E-state index is 0.142. The van der Waals surface area contributed by atoms with E-state index in [1.54, 1.807) is 56.4 Å². The van der Waals surface area contributed by atoms with E-state index in [9.17, 15) is 18.8 Å². The average molecular weight is 464 g/mol. The summed E-state index contributed by atoms with van der Waals surface area (Å²) in [5.41, 5.74) is 1.04. The van der Waals surface area contributed by atoms with E-state index < -0.39 is 23.7 Å². The number of rotatable bonds is 8. The highest BCUT2D eigenvalue weighted by Crippen LogP contribution is 2.28. The van der Waals surface area contributed by atoms with Crippen LogP contribution in [-0.2, 0) is 4.79 Å². The lowest BCUT2D eigenvalue weighted by molar-refractivity contribution is -0.118. The molecule has 34 heavy (non-hydrogen) atoms. The van der Waals surface area contributed by atoms with E-state index in [0.717, 1.165) is 0 Å². The van der Waals surface area contributed by atoms with Crippen LogP contribution >= 0.6 is 0 Å². The van der Waals surface area contributed by atoms with E-state index in [-0.39, 0.29) is 17.4 Å². The van der Waals surface area contributed by atoms with Crippen LogP contribution < -0.4 is 20.7 Å². The van der Waals surface area contributed by atoms with E-state index in [1.807, 2.05) is 0 Å². The molecule has 0 saturated heterocycles. The summed E-state index contributed by atoms with van der Waals surface area (Å²) in [5.74, 6) is -2.13. The van der Waals surface area contributed by atoms with E-state index >= 15 is 0 Å². The molecule has 2 aromatic carbocycles. The molecular formula is C25H25FN4O4. The number of carbonyl (C=O) groups excluding carboxylic acids is 3. The van der Waals surface area contributed by atoms with Gasteiger partial charge in [-0.1, -0.05) is 26.0 Å². The topological polar surface area (TPSA) is 109 Å². The number of carbonyl (C=O) groups is 3. The first-order valence-corrected chi connectivity index (χ1v) is 10.6. The van der Waals surface area contributed by atoms with Crippen molar-refractivity contribution in [3.8, 4) is 5.75 Å². The first-order valence-electron chi connectivity index (χ1n) is 10.6. The Morgan fingerprint density at radius 3 is 2.38 bits per heavy atom. The van der Waals surface area contributed by atoms with Crippen LogP contribution in [-0.4, -0.2) is 35.9 Å². The van der Waals surface area contributed by atoms with Crippen LogP contribution in [0.1, 0.15) is 34.6 Å². The first-order chi connectivity index (χ1) is 16.3. The van der Waals surface area contributed by atoms with Gasteiger partial charge in [0.15, 0.2) is 0 Å². The monoisotopic (exact) mass is 464 g/mol. The Balaban J connectivity index is 1.72. The van der Waals surface area contributed by atoms with Crippen molar-refractivity contribution in [2.45, 2.75) is 19.9 Å². The summed E-state index contributed by atoms with van der Waals surface area (Å²) >= 11 is 0. The van der Waals surface area contributed by atoms with Crippen LogP contribution in [0.25, 0.3) is 0 Å². The van der Waals surface area contributed by atoms with Crippen LogP contribution in [0.3, 0.4) is 0 Å². The number of nitrogens with one attached hydrogen (secondary N) is 3. The molecule has 176 valence electrons. The maximum absolute atomic E-state index is 14.0. The Bertz CT molecular complexity index is 1180. The van der Waals surface area contributed by atoms with Gasteiger partial charge in [-0.3, -0.25) is 19.4 Å². The minimum atomic E-state index is -0.914. The molecule has 1 aromatic heterocycles. The molecule has 3 aromatic rings. The van der Waals surface area contributed by atoms with Gasteiger partial charge in [-0.15, -0.1) is 0 Å². The Labute approximate surface area is 196 Å². The van der Waals surface area contributed by atoms with Crippen LogP contribution in [0, 0.1) is 11.7 Å². The van der Waals surface area contributed by atoms with Gasteiger partial charge in [0.2, 0.25) is 5.91 Å². The van der Waals surface area contributed by atoms with Gasteiger partial charge in [0.1, 0.15) is 17.6 Å². The number of nitrogens with zero attached hydrogens (tertiary/aromatic N) is 1. The van der Waals surface area contributed by atoms with Crippen LogP contribution in [0.2, 0.25) is 0 Å². The van der Waals surface area contributed by atoms with Crippen molar-refractivity contribution in [3.63, 3.8) is 0 Å². The van der Waals surface area contributed by atoms with Gasteiger partial charge in [0.25, 0.3) is 11.8 Å². The van der Waals surface area contributed by atoms with Crippen molar-refractivity contribution in [2.75, 3.05) is 17.7 Å². The molecule has 0 aliphatic carbocycles. The summed E-state index contributed by atoms with van der Waals surface area (Å²) in [6.07, 6.45) is 3.01. The zero-order valence-electron chi connectivity index (χ0n) is 19.0. The molecule has 0 aliphatic rings. The van der Waals surface area contributed by atoms with Crippen molar-refractivity contribution >= 4 is 29.1 Å². The van der Waals surface area contributed by atoms with E-state index in [4.69, 9.17) is 4.74 Å². The van der Waals surface area contributed by atoms with E-state index in [2.05, 4.69) is 20.9 Å². The maximum Gasteiger partial charge on any atom is 0.257 e. The molecule has 1 unspecified atom stereocenters. The largest absolute Gasteiger partial charge is 0.494 e. The fraction of sp³-hybridized carbons (Fsp3) is 0.200. The molecule has 9 heteroatoms. The molecule has 1 atom stereocenters. The molecule has 0 radical (unpaired) electrons. The highest BCUT2D eigenvalue weighted by Gasteiger charge is 2.26. The summed E-state index contributed by atoms with van der Waals surface area (Å²) in [7, 11) is 1.44. The zero-order chi connectivity index (χ0) is 24.7. The summed E-state index contributed by atoms with van der Waals surface area (Å²) in [4.78, 5) is 41.8. The standard InChI is InChI=1S/C25H25FN4O4/c1-15(2)22(30-24(32)18-8-4-5-9-19(18)26)25(33)28-17-10-11-20(21(13-17)34-3)29-23(31)16-7-6-12-27-14-16/h4-15,22H,1-3H3,(H,28,33)(H,29,31)(H,30,32). The molecule has 0 saturated carbocycles. The average Bonchev–Trinajstić information content (AvgIpc) is 2.83. The third-order valence-electron chi connectivity index (χ3n) is 5.00. The van der Waals surface area contributed by atoms with Crippen LogP contribution in [0.15, 0.2) is 67.0 Å². The highest BCUT2D eigenvalue weighted by molar-refractivity contribution is 6.05. The number of hydrogen-bond donors (Lipinski definition) is 3. The van der Waals surface area contributed by atoms with Crippen LogP contribution in [0.4, 0.5) is 15.8 Å². The highest BCUT2D eigenvalue weighted by atomic mass is 19.1. The van der Waals surface area contributed by atoms with Crippen LogP contribution in [0.5, 0.6) is 5.75 Å². The third-order valence-corrected chi connectivity index (χ3v) is 5.00. The Hall–Kier alpha value is -4.27. The SMILES string of the molecule is COc1cc(NC(=O)C(NC(=O)c2ccccc2F)C(C)C)ccc1NC(=O)c1cccnc1. The van der Waals surface area contributed by atoms with Gasteiger partial charge in [-0.05, 0) is 42.3 Å². The lowest BCUT2D eigenvalue weighted by Crippen LogP contribution is -2.47. The quantitative estimate of drug-likeness (QED) is 0.469. The Morgan fingerprint density at radius 2 is 1.74 bits per heavy atom. The second-order valence-electron chi connectivity index (χ2n) is 7.78. The predicted molar refractivity (Wildman–Crippen MR) is 126 cm³/mol. The Kier molecular flexibility index (Phi) is 7.92. The number of hydrogen-bond acceptors (Lipinski definition) is 5. The third kappa shape index (κ3) is 5.94. The number of benzene rings is 2. The number of halogens is 1. The normalized spacial score (nSPS) is 11.4. The molecule has 0 spiro atoms. The second-order valence-corrected chi connectivity index (χ2v) is 7.78. The van der Waals surface area contributed by atoms with Crippen molar-refractivity contribution in [3.05, 3.63) is 83.9 Å². The van der Waals surface area contributed by atoms with Gasteiger partial charge >= 0.3 is 0 Å². The predicted octanol–water partition coefficient (Wildman–Crippen LogP) is 3.87. The van der Waals surface area contributed by atoms with Gasteiger partial charge < -0.3 is 20.7 Å². The lowest BCUT2D eigenvalue weighted by Gasteiger charge is -2.22. The van der Waals surface area contributed by atoms with Gasteiger partial charge in [0, 0.05) is 24.1 Å². The summed E-state index contributed by atoms with van der Waals surface area (Å²) < 4.78 is 19.3. The fourth-order valence-corrected chi connectivity index (χ4v) is 3.18. The smallest absolute Gasteiger partial charge is 0.257 e. The van der Waals surface area contributed by atoms with Gasteiger partial charge in [0.05, 0.1) is 23.9 Å². The summed E-state index contributed by atoms with van der Waals surface area (Å²) in [6.45, 7) is 3.53. The molecule has 1 heterocycles. The van der Waals surface area contributed by atoms with Crippen molar-refractivity contribution in [1.82, 2.24) is 10.3 Å². The summed E-state index contributed by atoms with van der Waals surface area (Å²) in [5, 5.41) is 8.06. The van der Waals surface area contributed by atoms with Gasteiger partial charge in [-0.25, -0.2) is 4.39 Å². The molecule has 8 nitrogen and oxygen atoms in total. The van der Waals surface area contributed by atoms with Crippen molar-refractivity contribution in [2.24, 2.45) is 5.92 Å². The molecular weight excluding hydrogens is 439 g/mol. The molecule has 0 bridgehead atoms. The summed E-state index contributed by atoms with van der Waals surface area (Å²) in [6, 6.07) is 12.7. The molecule has 3 N–H and O–H groups in total. The maximum atomic E-state index is 14.0. The molecule has 3 amide bonds. The number of aromatic nitrogens is 1. The fourth-order valence-electron chi connectivity index (χ4n) is 3.18.